The molecule has 0 spiro atoms. The Balaban J connectivity index is 1.32. The Kier molecular flexibility index (Phi) is 6.71. The Morgan fingerprint density at radius 3 is 2.53 bits per heavy atom. The Bertz CT molecular complexity index is 1080. The SMILES string of the molecule is Cc1cccc(CN2CCC(NC(=O)c3ccc(C)c(NC(=O)c4ccco4)c3)CC2)c1. The van der Waals surface area contributed by atoms with Gasteiger partial charge in [0.25, 0.3) is 11.8 Å². The number of hydrogen-bond acceptors (Lipinski definition) is 4. The Labute approximate surface area is 188 Å². The third kappa shape index (κ3) is 5.45. The Morgan fingerprint density at radius 1 is 1.00 bits per heavy atom. The van der Waals surface area contributed by atoms with Crippen LogP contribution in [0.1, 0.15) is 50.4 Å². The van der Waals surface area contributed by atoms with E-state index in [1.807, 2.05) is 13.0 Å². The van der Waals surface area contributed by atoms with Crippen LogP contribution in [0, 0.1) is 13.8 Å². The smallest absolute Gasteiger partial charge is 0.291 e. The molecule has 1 saturated heterocycles. The van der Waals surface area contributed by atoms with E-state index >= 15 is 0 Å². The first kappa shape index (κ1) is 21.8. The summed E-state index contributed by atoms with van der Waals surface area (Å²) >= 11 is 0. The maximum Gasteiger partial charge on any atom is 0.291 e. The summed E-state index contributed by atoms with van der Waals surface area (Å²) in [4.78, 5) is 27.6. The molecule has 2 aromatic carbocycles. The van der Waals surface area contributed by atoms with Crippen molar-refractivity contribution in [3.8, 4) is 0 Å². The van der Waals surface area contributed by atoms with Crippen molar-refractivity contribution >= 4 is 17.5 Å². The lowest BCUT2D eigenvalue weighted by atomic mass is 10.0. The Hall–Kier alpha value is -3.38. The monoisotopic (exact) mass is 431 g/mol. The zero-order valence-corrected chi connectivity index (χ0v) is 18.6. The Morgan fingerprint density at radius 2 is 1.81 bits per heavy atom. The van der Waals surface area contributed by atoms with Crippen molar-refractivity contribution in [3.05, 3.63) is 88.9 Å². The first-order chi connectivity index (χ1) is 15.5. The van der Waals surface area contributed by atoms with Gasteiger partial charge in [-0.1, -0.05) is 35.9 Å². The highest BCUT2D eigenvalue weighted by molar-refractivity contribution is 6.04. The van der Waals surface area contributed by atoms with E-state index in [-0.39, 0.29) is 23.6 Å². The molecule has 0 bridgehead atoms. The second-order valence-electron chi connectivity index (χ2n) is 8.47. The summed E-state index contributed by atoms with van der Waals surface area (Å²) in [5, 5.41) is 5.98. The predicted molar refractivity (Wildman–Crippen MR) is 125 cm³/mol. The minimum absolute atomic E-state index is 0.115. The van der Waals surface area contributed by atoms with Crippen LogP contribution in [-0.4, -0.2) is 35.8 Å². The molecule has 0 atom stereocenters. The van der Waals surface area contributed by atoms with Crippen molar-refractivity contribution in [1.29, 1.82) is 0 Å². The van der Waals surface area contributed by atoms with E-state index in [1.54, 1.807) is 24.3 Å². The van der Waals surface area contributed by atoms with E-state index < -0.39 is 0 Å². The van der Waals surface area contributed by atoms with Gasteiger partial charge in [-0.15, -0.1) is 0 Å². The van der Waals surface area contributed by atoms with E-state index in [2.05, 4.69) is 46.7 Å². The standard InChI is InChI=1S/C26H29N3O3/c1-18-5-3-6-20(15-18)17-29-12-10-22(11-13-29)27-25(30)21-9-8-19(2)23(16-21)28-26(31)24-7-4-14-32-24/h3-9,14-16,22H,10-13,17H2,1-2H3,(H,27,30)(H,28,31). The van der Waals surface area contributed by atoms with E-state index in [1.165, 1.54) is 17.4 Å². The average molecular weight is 432 g/mol. The lowest BCUT2D eigenvalue weighted by Gasteiger charge is -2.32. The van der Waals surface area contributed by atoms with E-state index in [9.17, 15) is 9.59 Å². The van der Waals surface area contributed by atoms with Gasteiger partial charge in [-0.3, -0.25) is 14.5 Å². The van der Waals surface area contributed by atoms with Gasteiger partial charge in [0.05, 0.1) is 6.26 Å². The molecular weight excluding hydrogens is 402 g/mol. The van der Waals surface area contributed by atoms with E-state index in [4.69, 9.17) is 4.42 Å². The molecule has 6 heteroatoms. The number of carbonyl (C=O) groups excluding carboxylic acids is 2. The molecule has 0 aliphatic carbocycles. The molecule has 2 N–H and O–H groups in total. The summed E-state index contributed by atoms with van der Waals surface area (Å²) < 4.78 is 5.14. The van der Waals surface area contributed by atoms with Crippen LogP contribution in [0.5, 0.6) is 0 Å². The molecule has 4 rings (SSSR count). The number of nitrogens with one attached hydrogen (secondary N) is 2. The fourth-order valence-electron chi connectivity index (χ4n) is 4.06. The number of likely N-dealkylation sites (tertiary alicyclic amines) is 1. The van der Waals surface area contributed by atoms with Crippen LogP contribution in [-0.2, 0) is 6.54 Å². The molecule has 3 aromatic rings. The van der Waals surface area contributed by atoms with Gasteiger partial charge < -0.3 is 15.1 Å². The van der Waals surface area contributed by atoms with Crippen molar-refractivity contribution in [3.63, 3.8) is 0 Å². The van der Waals surface area contributed by atoms with Gasteiger partial charge in [0, 0.05) is 36.9 Å². The van der Waals surface area contributed by atoms with Gasteiger partial charge in [-0.2, -0.15) is 0 Å². The van der Waals surface area contributed by atoms with Crippen molar-refractivity contribution in [2.24, 2.45) is 0 Å². The van der Waals surface area contributed by atoms with Gasteiger partial charge in [0.15, 0.2) is 5.76 Å². The number of furan rings is 1. The lowest BCUT2D eigenvalue weighted by molar-refractivity contribution is 0.0908. The third-order valence-corrected chi connectivity index (χ3v) is 5.90. The summed E-state index contributed by atoms with van der Waals surface area (Å²) in [6, 6.07) is 17.4. The highest BCUT2D eigenvalue weighted by Gasteiger charge is 2.22. The number of amides is 2. The van der Waals surface area contributed by atoms with Gasteiger partial charge in [0.1, 0.15) is 0 Å². The average Bonchev–Trinajstić information content (AvgIpc) is 3.32. The molecule has 1 aliphatic heterocycles. The fourth-order valence-corrected chi connectivity index (χ4v) is 4.06. The summed E-state index contributed by atoms with van der Waals surface area (Å²) in [6.45, 7) is 6.86. The molecule has 32 heavy (non-hydrogen) atoms. The lowest BCUT2D eigenvalue weighted by Crippen LogP contribution is -2.44. The largest absolute Gasteiger partial charge is 0.459 e. The predicted octanol–water partition coefficient (Wildman–Crippen LogP) is 4.54. The normalized spacial score (nSPS) is 14.8. The molecule has 0 radical (unpaired) electrons. The topological polar surface area (TPSA) is 74.6 Å². The summed E-state index contributed by atoms with van der Waals surface area (Å²) in [7, 11) is 0. The van der Waals surface area contributed by atoms with Crippen LogP contribution in [0.4, 0.5) is 5.69 Å². The molecule has 1 aromatic heterocycles. The fraction of sp³-hybridized carbons (Fsp3) is 0.308. The zero-order valence-electron chi connectivity index (χ0n) is 18.6. The number of piperidine rings is 1. The van der Waals surface area contributed by atoms with Crippen molar-refractivity contribution in [1.82, 2.24) is 10.2 Å². The highest BCUT2D eigenvalue weighted by atomic mass is 16.3. The number of aryl methyl sites for hydroxylation is 2. The summed E-state index contributed by atoms with van der Waals surface area (Å²) in [5.74, 6) is -0.219. The number of benzene rings is 2. The van der Waals surface area contributed by atoms with Crippen molar-refractivity contribution in [2.45, 2.75) is 39.3 Å². The zero-order chi connectivity index (χ0) is 22.5. The molecular formula is C26H29N3O3. The molecule has 2 amide bonds. The second-order valence-corrected chi connectivity index (χ2v) is 8.47. The van der Waals surface area contributed by atoms with Crippen LogP contribution in [0.3, 0.4) is 0 Å². The maximum atomic E-state index is 12.8. The number of carbonyl (C=O) groups is 2. The van der Waals surface area contributed by atoms with Crippen LogP contribution in [0.25, 0.3) is 0 Å². The van der Waals surface area contributed by atoms with E-state index in [0.29, 0.717) is 11.3 Å². The van der Waals surface area contributed by atoms with Crippen LogP contribution in [0.2, 0.25) is 0 Å². The molecule has 0 saturated carbocycles. The molecule has 0 unspecified atom stereocenters. The van der Waals surface area contributed by atoms with Gasteiger partial charge in [0.2, 0.25) is 0 Å². The maximum absolute atomic E-state index is 12.8. The summed E-state index contributed by atoms with van der Waals surface area (Å²) in [5.41, 5.74) is 4.63. The first-order valence-corrected chi connectivity index (χ1v) is 11.0. The first-order valence-electron chi connectivity index (χ1n) is 11.0. The van der Waals surface area contributed by atoms with Crippen LogP contribution < -0.4 is 10.6 Å². The van der Waals surface area contributed by atoms with Crippen LogP contribution >= 0.6 is 0 Å². The number of hydrogen-bond donors (Lipinski definition) is 2. The minimum Gasteiger partial charge on any atom is -0.459 e. The molecule has 166 valence electrons. The third-order valence-electron chi connectivity index (χ3n) is 5.90. The van der Waals surface area contributed by atoms with E-state index in [0.717, 1.165) is 38.0 Å². The second kappa shape index (κ2) is 9.83. The number of rotatable bonds is 6. The van der Waals surface area contributed by atoms with Gasteiger partial charge in [-0.05, 0) is 62.1 Å². The van der Waals surface area contributed by atoms with Crippen molar-refractivity contribution < 1.29 is 14.0 Å². The molecule has 6 nitrogen and oxygen atoms in total. The molecule has 1 aliphatic rings. The highest BCUT2D eigenvalue weighted by Crippen LogP contribution is 2.20. The van der Waals surface area contributed by atoms with Crippen LogP contribution in [0.15, 0.2) is 65.3 Å². The number of anilines is 1. The minimum atomic E-state index is -0.336. The quantitative estimate of drug-likeness (QED) is 0.601. The van der Waals surface area contributed by atoms with Gasteiger partial charge in [-0.25, -0.2) is 0 Å². The van der Waals surface area contributed by atoms with Crippen molar-refractivity contribution in [2.75, 3.05) is 18.4 Å². The summed E-state index contributed by atoms with van der Waals surface area (Å²) in [6.07, 6.45) is 3.30. The van der Waals surface area contributed by atoms with Gasteiger partial charge >= 0.3 is 0 Å². The molecule has 1 fully saturated rings. The number of nitrogens with zero attached hydrogens (tertiary/aromatic N) is 1. The molecule has 2 heterocycles.